The van der Waals surface area contributed by atoms with E-state index in [-0.39, 0.29) is 36.4 Å². The molecule has 8 heteroatoms. The second kappa shape index (κ2) is 10.3. The molecular formula is C17H24N4O4. The molecule has 2 heterocycles. The summed E-state index contributed by atoms with van der Waals surface area (Å²) in [5.41, 5.74) is 0. The summed E-state index contributed by atoms with van der Waals surface area (Å²) in [5.74, 6) is 0.235. The lowest BCUT2D eigenvalue weighted by molar-refractivity contribution is -0.120. The molecule has 0 radical (unpaired) electrons. The number of nitrogens with one attached hydrogen (secondary N) is 2. The third-order valence-corrected chi connectivity index (χ3v) is 3.58. The lowest BCUT2D eigenvalue weighted by atomic mass is 10.1. The van der Waals surface area contributed by atoms with Gasteiger partial charge in [0.05, 0.1) is 19.2 Å². The Morgan fingerprint density at radius 1 is 1.16 bits per heavy atom. The molecule has 136 valence electrons. The molecule has 0 atom stereocenters. The highest BCUT2D eigenvalue weighted by molar-refractivity contribution is 5.91. The normalized spacial score (nSPS) is 10.6. The quantitative estimate of drug-likeness (QED) is 0.603. The van der Waals surface area contributed by atoms with Gasteiger partial charge in [-0.05, 0) is 18.6 Å². The van der Waals surface area contributed by atoms with Gasteiger partial charge in [-0.3, -0.25) is 9.59 Å². The minimum absolute atomic E-state index is 0.0601. The number of rotatable bonds is 11. The van der Waals surface area contributed by atoms with Crippen molar-refractivity contribution in [3.05, 3.63) is 35.9 Å². The molecule has 25 heavy (non-hydrogen) atoms. The molecule has 2 amide bonds. The number of carbonyl (C=O) groups is 2. The van der Waals surface area contributed by atoms with Gasteiger partial charge in [-0.1, -0.05) is 37.8 Å². The first-order chi connectivity index (χ1) is 12.2. The lowest BCUT2D eigenvalue weighted by Crippen LogP contribution is -2.26. The van der Waals surface area contributed by atoms with Gasteiger partial charge in [0.2, 0.25) is 11.8 Å². The average Bonchev–Trinajstić information content (AvgIpc) is 3.28. The van der Waals surface area contributed by atoms with Crippen LogP contribution in [0.2, 0.25) is 0 Å². The molecule has 2 N–H and O–H groups in total. The summed E-state index contributed by atoms with van der Waals surface area (Å²) in [7, 11) is 0. The van der Waals surface area contributed by atoms with Crippen molar-refractivity contribution in [1.82, 2.24) is 20.8 Å². The van der Waals surface area contributed by atoms with Gasteiger partial charge in [0.25, 0.3) is 5.91 Å². The smallest absolute Gasteiger partial charge is 0.287 e. The predicted molar refractivity (Wildman–Crippen MR) is 89.6 cm³/mol. The maximum atomic E-state index is 11.8. The zero-order valence-electron chi connectivity index (χ0n) is 14.4. The van der Waals surface area contributed by atoms with Crippen LogP contribution in [-0.4, -0.2) is 28.5 Å². The fourth-order valence-electron chi connectivity index (χ4n) is 2.25. The second-order valence-electron chi connectivity index (χ2n) is 5.71. The van der Waals surface area contributed by atoms with Crippen LogP contribution in [0.4, 0.5) is 0 Å². The van der Waals surface area contributed by atoms with E-state index < -0.39 is 0 Å². The average molecular weight is 348 g/mol. The fraction of sp³-hybridized carbons (Fsp3) is 0.529. The third-order valence-electron chi connectivity index (χ3n) is 3.58. The predicted octanol–water partition coefficient (Wildman–Crippen LogP) is 2.22. The van der Waals surface area contributed by atoms with E-state index in [0.717, 1.165) is 12.8 Å². The van der Waals surface area contributed by atoms with Gasteiger partial charge in [-0.2, -0.15) is 4.98 Å². The molecule has 2 aromatic heterocycles. The molecule has 2 aromatic rings. The SMILES string of the molecule is CCCCCCCNC(=O)Cc1noc(CNC(=O)c2ccco2)n1. The molecule has 0 bridgehead atoms. The maximum Gasteiger partial charge on any atom is 0.287 e. The van der Waals surface area contributed by atoms with Crippen LogP contribution >= 0.6 is 0 Å². The zero-order valence-corrected chi connectivity index (χ0v) is 14.4. The Morgan fingerprint density at radius 3 is 2.76 bits per heavy atom. The number of amides is 2. The van der Waals surface area contributed by atoms with E-state index in [2.05, 4.69) is 27.7 Å². The first-order valence-corrected chi connectivity index (χ1v) is 8.59. The summed E-state index contributed by atoms with van der Waals surface area (Å²) in [4.78, 5) is 27.6. The van der Waals surface area contributed by atoms with E-state index in [9.17, 15) is 9.59 Å². The van der Waals surface area contributed by atoms with Gasteiger partial charge in [-0.15, -0.1) is 0 Å². The molecule has 0 aliphatic rings. The highest BCUT2D eigenvalue weighted by Gasteiger charge is 2.13. The number of unbranched alkanes of at least 4 members (excludes halogenated alkanes) is 4. The zero-order chi connectivity index (χ0) is 17.9. The van der Waals surface area contributed by atoms with Crippen LogP contribution in [0.5, 0.6) is 0 Å². The van der Waals surface area contributed by atoms with Crippen molar-refractivity contribution >= 4 is 11.8 Å². The Hall–Kier alpha value is -2.64. The number of furan rings is 1. The van der Waals surface area contributed by atoms with Crippen molar-refractivity contribution < 1.29 is 18.5 Å². The molecule has 0 aliphatic carbocycles. The molecular weight excluding hydrogens is 324 g/mol. The minimum Gasteiger partial charge on any atom is -0.459 e. The number of nitrogens with zero attached hydrogens (tertiary/aromatic N) is 2. The summed E-state index contributed by atoms with van der Waals surface area (Å²) in [6.07, 6.45) is 7.21. The Balaban J connectivity index is 1.65. The summed E-state index contributed by atoms with van der Waals surface area (Å²) in [6, 6.07) is 3.18. The van der Waals surface area contributed by atoms with Crippen LogP contribution in [0.25, 0.3) is 0 Å². The van der Waals surface area contributed by atoms with Gasteiger partial charge in [0.15, 0.2) is 11.6 Å². The van der Waals surface area contributed by atoms with Crippen molar-refractivity contribution in [2.24, 2.45) is 0 Å². The molecule has 0 aromatic carbocycles. The van der Waals surface area contributed by atoms with Crippen LogP contribution < -0.4 is 10.6 Å². The summed E-state index contributed by atoms with van der Waals surface area (Å²) in [6.45, 7) is 2.90. The van der Waals surface area contributed by atoms with Crippen LogP contribution in [-0.2, 0) is 17.8 Å². The number of aromatic nitrogens is 2. The van der Waals surface area contributed by atoms with E-state index in [4.69, 9.17) is 8.94 Å². The van der Waals surface area contributed by atoms with E-state index >= 15 is 0 Å². The number of hydrogen-bond donors (Lipinski definition) is 2. The van der Waals surface area contributed by atoms with Crippen LogP contribution in [0.15, 0.2) is 27.3 Å². The van der Waals surface area contributed by atoms with Crippen LogP contribution in [0.1, 0.15) is 61.3 Å². The van der Waals surface area contributed by atoms with Gasteiger partial charge in [-0.25, -0.2) is 0 Å². The highest BCUT2D eigenvalue weighted by atomic mass is 16.5. The summed E-state index contributed by atoms with van der Waals surface area (Å²) in [5, 5.41) is 9.18. The fourth-order valence-corrected chi connectivity index (χ4v) is 2.25. The van der Waals surface area contributed by atoms with Crippen LogP contribution in [0.3, 0.4) is 0 Å². The minimum atomic E-state index is -0.370. The molecule has 0 fully saturated rings. The van der Waals surface area contributed by atoms with E-state index in [1.54, 1.807) is 12.1 Å². The van der Waals surface area contributed by atoms with E-state index in [0.29, 0.717) is 12.4 Å². The highest BCUT2D eigenvalue weighted by Crippen LogP contribution is 2.03. The van der Waals surface area contributed by atoms with Crippen molar-refractivity contribution in [1.29, 1.82) is 0 Å². The van der Waals surface area contributed by atoms with Gasteiger partial charge in [0, 0.05) is 6.54 Å². The van der Waals surface area contributed by atoms with Crippen molar-refractivity contribution in [3.8, 4) is 0 Å². The number of hydrogen-bond acceptors (Lipinski definition) is 6. The Kier molecular flexibility index (Phi) is 7.68. The number of carbonyl (C=O) groups excluding carboxylic acids is 2. The summed E-state index contributed by atoms with van der Waals surface area (Å²) < 4.78 is 10.00. The topological polar surface area (TPSA) is 110 Å². The second-order valence-corrected chi connectivity index (χ2v) is 5.71. The third kappa shape index (κ3) is 6.78. The molecule has 0 spiro atoms. The standard InChI is InChI=1S/C17H24N4O4/c1-2-3-4-5-6-9-18-15(22)11-14-20-16(25-21-14)12-19-17(23)13-8-7-10-24-13/h7-8,10H,2-6,9,11-12H2,1H3,(H,18,22)(H,19,23). The van der Waals surface area contributed by atoms with E-state index in [1.807, 2.05) is 0 Å². The Labute approximate surface area is 146 Å². The Morgan fingerprint density at radius 2 is 2.00 bits per heavy atom. The first kappa shape index (κ1) is 18.7. The van der Waals surface area contributed by atoms with Crippen molar-refractivity contribution in [3.63, 3.8) is 0 Å². The molecule has 0 aliphatic heterocycles. The Bertz CT molecular complexity index is 651. The van der Waals surface area contributed by atoms with Gasteiger partial charge >= 0.3 is 0 Å². The molecule has 8 nitrogen and oxygen atoms in total. The van der Waals surface area contributed by atoms with Crippen molar-refractivity contribution in [2.75, 3.05) is 6.54 Å². The molecule has 0 saturated carbocycles. The van der Waals surface area contributed by atoms with Crippen LogP contribution in [0, 0.1) is 0 Å². The maximum absolute atomic E-state index is 11.8. The summed E-state index contributed by atoms with van der Waals surface area (Å²) >= 11 is 0. The van der Waals surface area contributed by atoms with E-state index in [1.165, 1.54) is 25.5 Å². The largest absolute Gasteiger partial charge is 0.459 e. The molecule has 0 unspecified atom stereocenters. The molecule has 0 saturated heterocycles. The van der Waals surface area contributed by atoms with Crippen molar-refractivity contribution in [2.45, 2.75) is 52.0 Å². The monoisotopic (exact) mass is 348 g/mol. The van der Waals surface area contributed by atoms with Gasteiger partial charge < -0.3 is 19.6 Å². The van der Waals surface area contributed by atoms with Gasteiger partial charge in [0.1, 0.15) is 0 Å². The first-order valence-electron chi connectivity index (χ1n) is 8.59. The lowest BCUT2D eigenvalue weighted by Gasteiger charge is -2.03. The molecule has 2 rings (SSSR count).